The molecule has 1 fully saturated rings. The van der Waals surface area contributed by atoms with E-state index in [2.05, 4.69) is 5.16 Å². The minimum atomic E-state index is -1.70. The first-order chi connectivity index (χ1) is 10.7. The summed E-state index contributed by atoms with van der Waals surface area (Å²) in [6, 6.07) is 0. The molecule has 1 rings (SSSR count). The van der Waals surface area contributed by atoms with E-state index in [0.29, 0.717) is 0 Å². The van der Waals surface area contributed by atoms with E-state index < -0.39 is 59.2 Å². The second-order valence-electron chi connectivity index (χ2n) is 4.45. The molecule has 1 saturated heterocycles. The summed E-state index contributed by atoms with van der Waals surface area (Å²) >= 11 is 0. The van der Waals surface area contributed by atoms with Crippen molar-refractivity contribution in [1.29, 1.82) is 0 Å². The number of carbonyl (C=O) groups is 1. The minimum Gasteiger partial charge on any atom is -0.410 e. The van der Waals surface area contributed by atoms with Gasteiger partial charge < -0.3 is 41.1 Å². The second kappa shape index (κ2) is 7.16. The van der Waals surface area contributed by atoms with Crippen LogP contribution in [0.25, 0.3) is 0 Å². The van der Waals surface area contributed by atoms with E-state index in [0.717, 1.165) is 0 Å². The van der Waals surface area contributed by atoms with Gasteiger partial charge in [-0.3, -0.25) is 10.5 Å². The third kappa shape index (κ3) is 3.46. The zero-order valence-electron chi connectivity index (χ0n) is 11.5. The molecule has 0 radical (unpaired) electrons. The highest BCUT2D eigenvalue weighted by Gasteiger charge is 2.47. The van der Waals surface area contributed by atoms with Crippen LogP contribution in [-0.2, 0) is 9.53 Å². The van der Waals surface area contributed by atoms with Crippen molar-refractivity contribution in [2.45, 2.75) is 24.5 Å². The molecular weight excluding hydrogens is 320 g/mol. The molecule has 1 aliphatic rings. The number of rotatable bonds is 5. The lowest BCUT2D eigenvalue weighted by atomic mass is 10.1. The van der Waals surface area contributed by atoms with E-state index in [9.17, 15) is 25.1 Å². The second-order valence-corrected chi connectivity index (χ2v) is 4.45. The molecule has 4 atom stereocenters. The molecule has 10 N–H and O–H groups in total. The molecule has 130 valence electrons. The molecule has 0 aliphatic carbocycles. The monoisotopic (exact) mass is 336 g/mol. The maximum absolute atomic E-state index is 12.1. The number of ether oxygens (including phenoxy) is 1. The Bertz CT molecular complexity index is 550. The van der Waals surface area contributed by atoms with Crippen molar-refractivity contribution in [2.24, 2.45) is 22.5 Å². The molecule has 14 nitrogen and oxygen atoms in total. The summed E-state index contributed by atoms with van der Waals surface area (Å²) in [5.41, 5.74) is 8.23. The van der Waals surface area contributed by atoms with Crippen LogP contribution in [0.2, 0.25) is 0 Å². The van der Waals surface area contributed by atoms with Crippen molar-refractivity contribution in [3.63, 3.8) is 0 Å². The lowest BCUT2D eigenvalue weighted by molar-refractivity contribution is -0.427. The Morgan fingerprint density at radius 1 is 1.35 bits per heavy atom. The van der Waals surface area contributed by atoms with Crippen LogP contribution in [0.15, 0.2) is 16.7 Å². The van der Waals surface area contributed by atoms with E-state index in [4.69, 9.17) is 32.4 Å². The number of hydrogen-bond donors (Lipinski definition) is 7. The molecule has 14 heteroatoms. The van der Waals surface area contributed by atoms with Gasteiger partial charge >= 0.3 is 5.82 Å². The van der Waals surface area contributed by atoms with Gasteiger partial charge in [0.05, 0.1) is 6.61 Å². The third-order valence-corrected chi connectivity index (χ3v) is 3.06. The number of nitrogens with zero attached hydrogens (tertiary/aromatic N) is 3. The quantitative estimate of drug-likeness (QED) is 0.0627. The first-order valence-corrected chi connectivity index (χ1v) is 6.00. The van der Waals surface area contributed by atoms with Gasteiger partial charge in [-0.2, -0.15) is 0 Å². The van der Waals surface area contributed by atoms with E-state index in [1.807, 2.05) is 0 Å². The number of amides is 1. The van der Waals surface area contributed by atoms with Crippen molar-refractivity contribution in [2.75, 3.05) is 6.61 Å². The molecule has 4 unspecified atom stereocenters. The summed E-state index contributed by atoms with van der Waals surface area (Å²) in [5, 5.41) is 50.3. The van der Waals surface area contributed by atoms with Gasteiger partial charge in [0.2, 0.25) is 0 Å². The zero-order valence-corrected chi connectivity index (χ0v) is 11.5. The van der Waals surface area contributed by atoms with Gasteiger partial charge in [-0.1, -0.05) is 5.16 Å². The maximum Gasteiger partial charge on any atom is 0.339 e. The summed E-state index contributed by atoms with van der Waals surface area (Å²) in [6.45, 7) is -0.673. The summed E-state index contributed by atoms with van der Waals surface area (Å²) in [4.78, 5) is 21.4. The molecule has 1 heterocycles. The van der Waals surface area contributed by atoms with Crippen LogP contribution in [0.3, 0.4) is 0 Å². The molecule has 1 amide bonds. The predicted octanol–water partition coefficient (Wildman–Crippen LogP) is -4.68. The number of hydrogen-bond acceptors (Lipinski definition) is 12. The normalized spacial score (nSPS) is 29.1. The average Bonchev–Trinajstić information content (AvgIpc) is 2.81. The van der Waals surface area contributed by atoms with Crippen molar-refractivity contribution in [3.05, 3.63) is 21.6 Å². The first-order valence-electron chi connectivity index (χ1n) is 6.00. The summed E-state index contributed by atoms with van der Waals surface area (Å²) in [5.74, 6) is 2.86. The van der Waals surface area contributed by atoms with E-state index in [1.54, 1.807) is 0 Å². The minimum absolute atomic E-state index is 0.193. The molecule has 0 saturated carbocycles. The van der Waals surface area contributed by atoms with Crippen LogP contribution in [0.1, 0.15) is 0 Å². The highest BCUT2D eigenvalue weighted by Crippen LogP contribution is 2.22. The van der Waals surface area contributed by atoms with Crippen LogP contribution < -0.4 is 17.3 Å². The molecule has 0 aromatic rings. The largest absolute Gasteiger partial charge is 0.410 e. The zero-order chi connectivity index (χ0) is 17.9. The van der Waals surface area contributed by atoms with Gasteiger partial charge in [0.1, 0.15) is 18.3 Å². The Kier molecular flexibility index (Phi) is 5.77. The highest BCUT2D eigenvalue weighted by molar-refractivity contribution is 6.44. The smallest absolute Gasteiger partial charge is 0.339 e. The molecule has 23 heavy (non-hydrogen) atoms. The fraction of sp³-hybridized carbons (Fsp3) is 0.556. The lowest BCUT2D eigenvalue weighted by Gasteiger charge is -2.25. The van der Waals surface area contributed by atoms with Gasteiger partial charge in [-0.15, -0.1) is 0 Å². The Morgan fingerprint density at radius 2 is 1.91 bits per heavy atom. The first kappa shape index (κ1) is 18.5. The molecule has 0 bridgehead atoms. The Balaban J connectivity index is 3.04. The predicted molar refractivity (Wildman–Crippen MR) is 70.4 cm³/mol. The number of carbonyl (C=O) groups excluding carboxylic acids is 1. The molecule has 0 aromatic heterocycles. The van der Waals surface area contributed by atoms with Crippen LogP contribution in [0.4, 0.5) is 0 Å². The van der Waals surface area contributed by atoms with Crippen molar-refractivity contribution < 1.29 is 35.0 Å². The maximum atomic E-state index is 12.1. The van der Waals surface area contributed by atoms with Crippen LogP contribution in [-0.4, -0.2) is 73.2 Å². The number of oxime groups is 1. The number of hydrazine groups is 1. The van der Waals surface area contributed by atoms with Crippen LogP contribution in [0, 0.1) is 10.1 Å². The summed E-state index contributed by atoms with van der Waals surface area (Å²) in [7, 11) is 0. The van der Waals surface area contributed by atoms with Gasteiger partial charge in [0.15, 0.2) is 17.6 Å². The van der Waals surface area contributed by atoms with Crippen LogP contribution >= 0.6 is 0 Å². The standard InChI is InChI=1S/C9H16N6O8/c10-3(7(11)15(21)22)4(13-20)8(19)14(12)9-6(18)5(17)2(1-16)23-9/h2,5-6,9,16-18,20H,1,10-12H2. The Morgan fingerprint density at radius 3 is 2.30 bits per heavy atom. The molecular formula is C9H16N6O8. The van der Waals surface area contributed by atoms with E-state index in [1.165, 1.54) is 0 Å². The van der Waals surface area contributed by atoms with Gasteiger partial charge in [-0.25, -0.2) is 10.9 Å². The van der Waals surface area contributed by atoms with Crippen molar-refractivity contribution in [3.8, 4) is 0 Å². The molecule has 1 aliphatic heterocycles. The Labute approximate surface area is 128 Å². The third-order valence-electron chi connectivity index (χ3n) is 3.06. The summed E-state index contributed by atoms with van der Waals surface area (Å²) in [6.07, 6.45) is -6.09. The van der Waals surface area contributed by atoms with Gasteiger partial charge in [0.25, 0.3) is 5.91 Å². The SMILES string of the molecule is NC(C(=NO)C(=O)N(N)C1OC(CO)C(O)C1O)=C(N)[N+](=O)[O-]. The van der Waals surface area contributed by atoms with Crippen LogP contribution in [0.5, 0.6) is 0 Å². The number of aliphatic hydroxyl groups excluding tert-OH is 3. The Hall–Kier alpha value is -2.52. The summed E-state index contributed by atoms with van der Waals surface area (Å²) < 4.78 is 4.97. The fourth-order valence-electron chi connectivity index (χ4n) is 1.78. The molecule has 0 aromatic carbocycles. The van der Waals surface area contributed by atoms with Crippen molar-refractivity contribution in [1.82, 2.24) is 5.01 Å². The molecule has 0 spiro atoms. The fourth-order valence-corrected chi connectivity index (χ4v) is 1.78. The van der Waals surface area contributed by atoms with E-state index in [-0.39, 0.29) is 5.01 Å². The number of nitro groups is 1. The number of aliphatic hydroxyl groups is 3. The lowest BCUT2D eigenvalue weighted by Crippen LogP contribution is -2.54. The van der Waals surface area contributed by atoms with Crippen molar-refractivity contribution >= 4 is 11.6 Å². The topological polar surface area (TPSA) is 244 Å². The van der Waals surface area contributed by atoms with E-state index >= 15 is 0 Å². The number of nitrogens with two attached hydrogens (primary N) is 3. The van der Waals surface area contributed by atoms with Gasteiger partial charge in [-0.05, 0) is 4.92 Å². The average molecular weight is 336 g/mol. The van der Waals surface area contributed by atoms with Gasteiger partial charge in [0, 0.05) is 0 Å². The highest BCUT2D eigenvalue weighted by atomic mass is 16.6.